The summed E-state index contributed by atoms with van der Waals surface area (Å²) in [6, 6.07) is 62.6. The molecule has 0 unspecified atom stereocenters. The Morgan fingerprint density at radius 1 is 0.326 bits per heavy atom. The van der Waals surface area contributed by atoms with Gasteiger partial charge in [-0.05, 0) is 261 Å². The van der Waals surface area contributed by atoms with E-state index in [0.717, 1.165) is 66.9 Å². The SMILES string of the molecule is CCOc1cc(-c2nnc(-c3ccncc3)o2)ccc1C.CCOc1ccc(-c2nc(-c3ccccn3)no2)cc1OCC.CCOc1ccc(-c2nc(-c3cccnc3)no2)cc1OCC.CCOc1ccc(-c2nc(-c3ccncc3)no2)cc1OCC.COc1cc(OC)cc(-c2nc(-c3ccncc3)no2)c1.NS(=O)(=O)c1ccc(-c2noc(-c3ccc(C4CCCCC4)cc3)n2)cc1. The van der Waals surface area contributed by atoms with Crippen LogP contribution >= 0.6 is 0 Å². The molecule has 1 fully saturated rings. The molecule has 1 saturated carbocycles. The minimum atomic E-state index is -3.72. The molecule has 1 aliphatic rings. The summed E-state index contributed by atoms with van der Waals surface area (Å²) < 4.78 is 105. The highest BCUT2D eigenvalue weighted by Gasteiger charge is 2.23. The van der Waals surface area contributed by atoms with Gasteiger partial charge in [-0.3, -0.25) is 24.9 Å². The van der Waals surface area contributed by atoms with Crippen molar-refractivity contribution in [2.24, 2.45) is 5.14 Å². The number of nitrogens with two attached hydrogens (primary N) is 1. The fourth-order valence-electron chi connectivity index (χ4n) is 13.9. The van der Waals surface area contributed by atoms with Crippen LogP contribution in [0.15, 0.2) is 294 Å². The van der Waals surface area contributed by atoms with Crippen LogP contribution in [0.5, 0.6) is 51.7 Å². The number of nitrogens with zero attached hydrogens (tertiary/aromatic N) is 17. The van der Waals surface area contributed by atoms with Crippen molar-refractivity contribution in [1.29, 1.82) is 0 Å². The van der Waals surface area contributed by atoms with Crippen LogP contribution in [0.1, 0.15) is 97.6 Å². The number of hydrogen-bond acceptors (Lipinski definition) is 34. The van der Waals surface area contributed by atoms with Gasteiger partial charge in [0.25, 0.3) is 29.5 Å². The van der Waals surface area contributed by atoms with E-state index in [0.29, 0.717) is 180 Å². The molecule has 11 aromatic heterocycles. The normalized spacial score (nSPS) is 11.5. The van der Waals surface area contributed by atoms with Crippen molar-refractivity contribution in [3.05, 3.63) is 273 Å². The number of methoxy groups -OCH3 is 2. The van der Waals surface area contributed by atoms with Gasteiger partial charge in [0.1, 0.15) is 22.9 Å². The van der Waals surface area contributed by atoms with Crippen LogP contribution in [-0.2, 0) is 10.0 Å². The highest BCUT2D eigenvalue weighted by molar-refractivity contribution is 7.89. The number of pyridine rings is 5. The topological polar surface area (TPSA) is 441 Å². The van der Waals surface area contributed by atoms with Gasteiger partial charge in [-0.25, -0.2) is 13.6 Å². The predicted octanol–water partition coefficient (Wildman–Crippen LogP) is 21.2. The lowest BCUT2D eigenvalue weighted by molar-refractivity contribution is 0.288. The van der Waals surface area contributed by atoms with Crippen molar-refractivity contribution in [1.82, 2.24) is 85.8 Å². The van der Waals surface area contributed by atoms with Crippen LogP contribution in [0.2, 0.25) is 0 Å². The molecule has 0 saturated heterocycles. The molecule has 706 valence electrons. The first-order chi connectivity index (χ1) is 67.5. The molecule has 11 heterocycles. The molecule has 35 nitrogen and oxygen atoms in total. The van der Waals surface area contributed by atoms with Crippen molar-refractivity contribution in [3.8, 4) is 189 Å². The second-order valence-corrected chi connectivity index (χ2v) is 31.4. The number of primary sulfonamides is 1. The molecule has 36 heteroatoms. The number of sulfonamides is 1. The zero-order valence-electron chi connectivity index (χ0n) is 77.4. The highest BCUT2D eigenvalue weighted by atomic mass is 32.2. The van der Waals surface area contributed by atoms with E-state index in [9.17, 15) is 8.42 Å². The third kappa shape index (κ3) is 26.2. The maximum Gasteiger partial charge on any atom is 0.258 e. The monoisotopic (exact) mass is 1880 g/mol. The fraction of sp³-hybridized carbons (Fsp3) is 0.225. The number of aryl methyl sites for hydroxylation is 1. The average molecular weight is 1880 g/mol. The first-order valence-corrected chi connectivity index (χ1v) is 46.0. The number of rotatable bonds is 30. The molecule has 138 heavy (non-hydrogen) atoms. The molecule has 0 bridgehead atoms. The van der Waals surface area contributed by atoms with E-state index in [-0.39, 0.29) is 4.90 Å². The third-order valence-electron chi connectivity index (χ3n) is 20.6. The quantitative estimate of drug-likeness (QED) is 0.0437. The van der Waals surface area contributed by atoms with Crippen molar-refractivity contribution in [3.63, 3.8) is 0 Å². The van der Waals surface area contributed by atoms with E-state index < -0.39 is 10.0 Å². The molecule has 0 aliphatic heterocycles. The van der Waals surface area contributed by atoms with Gasteiger partial charge in [0.05, 0.1) is 65.4 Å². The second kappa shape index (κ2) is 48.8. The summed E-state index contributed by atoms with van der Waals surface area (Å²) in [5, 5.41) is 33.3. The Balaban J connectivity index is 0.000000132. The van der Waals surface area contributed by atoms with Crippen LogP contribution in [-0.4, -0.2) is 155 Å². The maximum atomic E-state index is 11.3. The zero-order chi connectivity index (χ0) is 96.4. The fourth-order valence-corrected chi connectivity index (χ4v) is 14.4. The summed E-state index contributed by atoms with van der Waals surface area (Å²) in [7, 11) is -0.533. The van der Waals surface area contributed by atoms with E-state index in [1.165, 1.54) is 49.8 Å². The number of hydrogen-bond donors (Lipinski definition) is 1. The molecule has 0 atom stereocenters. The highest BCUT2D eigenvalue weighted by Crippen LogP contribution is 2.40. The smallest absolute Gasteiger partial charge is 0.258 e. The van der Waals surface area contributed by atoms with Crippen molar-refractivity contribution >= 4 is 10.0 Å². The number of aromatic nitrogens is 17. The Morgan fingerprint density at radius 3 is 1.13 bits per heavy atom. The molecule has 0 spiro atoms. The second-order valence-electron chi connectivity index (χ2n) is 29.8. The number of ether oxygens (including phenoxy) is 9. The van der Waals surface area contributed by atoms with Gasteiger partial charge in [0, 0.05) is 123 Å². The summed E-state index contributed by atoms with van der Waals surface area (Å²) in [5.41, 5.74) is 11.9. The minimum Gasteiger partial charge on any atom is -0.497 e. The van der Waals surface area contributed by atoms with Gasteiger partial charge in [-0.1, -0.05) is 69.3 Å². The van der Waals surface area contributed by atoms with Crippen LogP contribution in [0.25, 0.3) is 137 Å². The summed E-state index contributed by atoms with van der Waals surface area (Å²) in [6.45, 7) is 19.5. The third-order valence-corrected chi connectivity index (χ3v) is 21.5. The van der Waals surface area contributed by atoms with Gasteiger partial charge < -0.3 is 69.7 Å². The van der Waals surface area contributed by atoms with Gasteiger partial charge in [0.15, 0.2) is 34.5 Å². The van der Waals surface area contributed by atoms with Crippen LogP contribution in [0.3, 0.4) is 0 Å². The van der Waals surface area contributed by atoms with E-state index in [1.54, 1.807) is 88.2 Å². The lowest BCUT2D eigenvalue weighted by Gasteiger charge is -2.21. The number of benzene rings is 7. The molecule has 19 rings (SSSR count). The van der Waals surface area contributed by atoms with Crippen LogP contribution in [0.4, 0.5) is 0 Å². The molecule has 18 aromatic rings. The summed E-state index contributed by atoms with van der Waals surface area (Å²) in [6.07, 6.45) is 21.7. The Bertz CT molecular complexity index is 6610. The van der Waals surface area contributed by atoms with E-state index >= 15 is 0 Å². The Kier molecular flexibility index (Phi) is 34.4. The Hall–Kier alpha value is -16.8. The Labute approximate surface area is 795 Å². The van der Waals surface area contributed by atoms with E-state index in [4.69, 9.17) is 74.8 Å². The average Bonchev–Trinajstić information content (AvgIpc) is 1.70. The molecule has 0 radical (unpaired) electrons. The van der Waals surface area contributed by atoms with Crippen molar-refractivity contribution < 1.29 is 78.1 Å². The first-order valence-electron chi connectivity index (χ1n) is 44.5. The zero-order valence-corrected chi connectivity index (χ0v) is 78.2. The lowest BCUT2D eigenvalue weighted by Crippen LogP contribution is -2.11. The van der Waals surface area contributed by atoms with Gasteiger partial charge >= 0.3 is 0 Å². The summed E-state index contributed by atoms with van der Waals surface area (Å²) in [5.74, 6) is 12.3. The Morgan fingerprint density at radius 2 is 0.696 bits per heavy atom. The summed E-state index contributed by atoms with van der Waals surface area (Å²) >= 11 is 0. The van der Waals surface area contributed by atoms with Crippen LogP contribution < -0.4 is 47.8 Å². The lowest BCUT2D eigenvalue weighted by atomic mass is 9.84. The van der Waals surface area contributed by atoms with Gasteiger partial charge in [-0.15, -0.1) is 10.2 Å². The standard InChI is InChI=1S/C20H21N3O3S.3C17H17N3O3.C16H15N3O2.C15H13N3O3/c21-27(24,25)18-12-10-16(11-13-18)19-22-20(26-23-19)17-8-6-15(7-9-17)14-4-2-1-3-5-14;1-3-21-14-6-5-13(11-15(14)22-4-2)17-19-16(20-23-17)12-7-9-18-10-8-12;1-3-21-14-8-7-12(10-15(14)22-4-2)17-19-16(20-23-17)13-6-5-9-18-11-13;1-3-21-14-9-8-12(11-15(14)22-4-2)17-19-16(20-23-17)13-7-5-6-10-18-13;1-3-20-14-10-13(5-4-11(14)2)16-19-18-15(21-16)12-6-8-17-9-7-12;1-19-12-7-11(8-13(9-12)20-2)15-17-14(18-21-15)10-3-5-16-6-4-10/h6-14H,1-5H2,(H2,21,24,25);3*5-11H,3-4H2,1-2H3;4-10H,3H2,1-2H3;3-9H,1-2H3. The van der Waals surface area contributed by atoms with Gasteiger partial charge in [0.2, 0.25) is 50.9 Å². The molecular formula is C102H100N18O17S. The van der Waals surface area contributed by atoms with Gasteiger partial charge in [-0.2, -0.15) is 24.9 Å². The van der Waals surface area contributed by atoms with Crippen molar-refractivity contribution in [2.75, 3.05) is 60.5 Å². The molecule has 1 aliphatic carbocycles. The maximum absolute atomic E-state index is 11.3. The van der Waals surface area contributed by atoms with E-state index in [2.05, 4.69) is 98.0 Å². The van der Waals surface area contributed by atoms with Crippen molar-refractivity contribution in [2.45, 2.75) is 98.3 Å². The molecular weight excluding hydrogens is 1780 g/mol. The predicted molar refractivity (Wildman–Crippen MR) is 513 cm³/mol. The van der Waals surface area contributed by atoms with Crippen LogP contribution in [0, 0.1) is 6.92 Å². The van der Waals surface area contributed by atoms with E-state index in [1.807, 2.05) is 219 Å². The largest absolute Gasteiger partial charge is 0.497 e. The molecule has 7 aromatic carbocycles. The first kappa shape index (κ1) is 97.3. The molecule has 0 amide bonds. The molecule has 2 N–H and O–H groups in total. The summed E-state index contributed by atoms with van der Waals surface area (Å²) in [4.78, 5) is 42.3. The minimum absolute atomic E-state index is 0.0493.